The molecule has 0 aromatic carbocycles. The van der Waals surface area contributed by atoms with Crippen molar-refractivity contribution in [1.29, 1.82) is 0 Å². The van der Waals surface area contributed by atoms with E-state index in [0.29, 0.717) is 31.9 Å². The van der Waals surface area contributed by atoms with Crippen LogP contribution in [0.5, 0.6) is 0 Å². The Morgan fingerprint density at radius 3 is 2.17 bits per heavy atom. The second kappa shape index (κ2) is 8.77. The molecule has 1 saturated heterocycles. The maximum absolute atomic E-state index is 5.66. The van der Waals surface area contributed by atoms with Crippen LogP contribution in [0, 0.1) is 6.92 Å². The lowest BCUT2D eigenvalue weighted by Crippen LogP contribution is -2.64. The normalized spacial score (nSPS) is 23.3. The summed E-state index contributed by atoms with van der Waals surface area (Å²) in [6.45, 7) is 20.2. The summed E-state index contributed by atoms with van der Waals surface area (Å²) in [7, 11) is 1.76. The highest BCUT2D eigenvalue weighted by atomic mass is 16.7. The molecule has 136 valence electrons. The first-order valence-electron chi connectivity index (χ1n) is 8.64. The Balaban J connectivity index is 2.39. The van der Waals surface area contributed by atoms with Gasteiger partial charge in [0, 0.05) is 23.2 Å². The molecule has 1 rings (SSSR count). The van der Waals surface area contributed by atoms with Gasteiger partial charge >= 0.3 is 0 Å². The molecular formula is C18H36N2O3. The van der Waals surface area contributed by atoms with Gasteiger partial charge in [-0.1, -0.05) is 0 Å². The zero-order valence-electron chi connectivity index (χ0n) is 16.0. The van der Waals surface area contributed by atoms with Crippen molar-refractivity contribution in [3.8, 4) is 0 Å². The van der Waals surface area contributed by atoms with E-state index >= 15 is 0 Å². The lowest BCUT2D eigenvalue weighted by atomic mass is 9.78. The maximum atomic E-state index is 5.66. The number of ether oxygens (including phenoxy) is 2. The monoisotopic (exact) mass is 328 g/mol. The molecule has 0 amide bonds. The van der Waals surface area contributed by atoms with Crippen LogP contribution in [0.25, 0.3) is 0 Å². The number of hydroxylamine groups is 2. The first kappa shape index (κ1) is 20.8. The Bertz CT molecular complexity index is 327. The summed E-state index contributed by atoms with van der Waals surface area (Å²) < 4.78 is 10.9. The fourth-order valence-corrected chi connectivity index (χ4v) is 3.88. The predicted octanol–water partition coefficient (Wildman–Crippen LogP) is 2.68. The van der Waals surface area contributed by atoms with Gasteiger partial charge in [-0.2, -0.15) is 5.06 Å². The molecule has 5 nitrogen and oxygen atoms in total. The number of hydrogen-bond acceptors (Lipinski definition) is 5. The fourth-order valence-electron chi connectivity index (χ4n) is 3.88. The number of rotatable bonds is 9. The Kier molecular flexibility index (Phi) is 7.94. The molecule has 1 aliphatic rings. The summed E-state index contributed by atoms with van der Waals surface area (Å²) in [4.78, 5) is 5.64. The van der Waals surface area contributed by atoms with Crippen LogP contribution in [0.15, 0.2) is 0 Å². The minimum atomic E-state index is -0.232. The van der Waals surface area contributed by atoms with E-state index in [9.17, 15) is 0 Å². The molecule has 1 fully saturated rings. The van der Waals surface area contributed by atoms with E-state index in [4.69, 9.17) is 21.2 Å². The molecule has 1 heterocycles. The van der Waals surface area contributed by atoms with Crippen LogP contribution in [0.4, 0.5) is 0 Å². The largest absolute Gasteiger partial charge is 0.377 e. The van der Waals surface area contributed by atoms with Crippen LogP contribution in [-0.4, -0.2) is 61.3 Å². The standard InChI is InChI=1S/C18H36N2O3/c1-14(2)23-10-9-22-13-15(3)19-16-11-17(4,5)20(21-8)18(6,7)12-16/h1,14-16,19H,9-13H2,2-8H3. The Morgan fingerprint density at radius 2 is 1.70 bits per heavy atom. The highest BCUT2D eigenvalue weighted by Gasteiger charge is 2.46. The first-order chi connectivity index (χ1) is 10.6. The summed E-state index contributed by atoms with van der Waals surface area (Å²) in [6.07, 6.45) is 1.86. The van der Waals surface area contributed by atoms with Crippen LogP contribution in [-0.2, 0) is 14.3 Å². The van der Waals surface area contributed by atoms with Gasteiger partial charge in [0.05, 0.1) is 33.0 Å². The molecule has 2 atom stereocenters. The third kappa shape index (κ3) is 6.67. The van der Waals surface area contributed by atoms with Gasteiger partial charge in [-0.05, 0) is 61.3 Å². The lowest BCUT2D eigenvalue weighted by Gasteiger charge is -2.53. The minimum Gasteiger partial charge on any atom is -0.377 e. The molecule has 2 unspecified atom stereocenters. The molecule has 1 N–H and O–H groups in total. The van der Waals surface area contributed by atoms with Crippen molar-refractivity contribution in [3.63, 3.8) is 0 Å². The van der Waals surface area contributed by atoms with Crippen molar-refractivity contribution < 1.29 is 14.3 Å². The minimum absolute atomic E-state index is 0.000151. The smallest absolute Gasteiger partial charge is 0.0704 e. The van der Waals surface area contributed by atoms with Crippen molar-refractivity contribution in [2.45, 2.75) is 83.6 Å². The number of piperidine rings is 1. The topological polar surface area (TPSA) is 43.0 Å². The highest BCUT2D eigenvalue weighted by Crippen LogP contribution is 2.38. The summed E-state index contributed by atoms with van der Waals surface area (Å²) in [5.41, 5.74) is -0.000301. The lowest BCUT2D eigenvalue weighted by molar-refractivity contribution is -0.267. The first-order valence-corrected chi connectivity index (χ1v) is 8.64. The van der Waals surface area contributed by atoms with E-state index < -0.39 is 0 Å². The van der Waals surface area contributed by atoms with E-state index in [0.717, 1.165) is 12.8 Å². The maximum Gasteiger partial charge on any atom is 0.0704 e. The molecule has 5 heteroatoms. The Morgan fingerprint density at radius 1 is 1.13 bits per heavy atom. The van der Waals surface area contributed by atoms with E-state index in [1.165, 1.54) is 0 Å². The van der Waals surface area contributed by atoms with Gasteiger partial charge in [0.15, 0.2) is 0 Å². The quantitative estimate of drug-likeness (QED) is 0.659. The molecule has 1 aliphatic heterocycles. The van der Waals surface area contributed by atoms with Crippen molar-refractivity contribution >= 4 is 0 Å². The van der Waals surface area contributed by atoms with Crippen molar-refractivity contribution in [3.05, 3.63) is 6.92 Å². The summed E-state index contributed by atoms with van der Waals surface area (Å²) in [5, 5.41) is 5.83. The van der Waals surface area contributed by atoms with Crippen molar-refractivity contribution in [2.75, 3.05) is 26.9 Å². The summed E-state index contributed by atoms with van der Waals surface area (Å²) in [6, 6.07) is 0.751. The predicted molar refractivity (Wildman–Crippen MR) is 93.2 cm³/mol. The van der Waals surface area contributed by atoms with Crippen LogP contribution < -0.4 is 5.32 Å². The number of nitrogens with one attached hydrogen (secondary N) is 1. The molecule has 0 spiro atoms. The van der Waals surface area contributed by atoms with Crippen LogP contribution >= 0.6 is 0 Å². The van der Waals surface area contributed by atoms with E-state index in [2.05, 4.69) is 45.0 Å². The van der Waals surface area contributed by atoms with Gasteiger partial charge in [-0.15, -0.1) is 0 Å². The number of nitrogens with zero attached hydrogens (tertiary/aromatic N) is 1. The van der Waals surface area contributed by atoms with Gasteiger partial charge < -0.3 is 19.6 Å². The van der Waals surface area contributed by atoms with Crippen molar-refractivity contribution in [2.24, 2.45) is 0 Å². The highest BCUT2D eigenvalue weighted by molar-refractivity contribution is 4.99. The van der Waals surface area contributed by atoms with E-state index in [1.807, 2.05) is 6.92 Å². The van der Waals surface area contributed by atoms with Gasteiger partial charge in [-0.25, -0.2) is 0 Å². The fraction of sp³-hybridized carbons (Fsp3) is 0.944. The number of hydrogen-bond donors (Lipinski definition) is 1. The van der Waals surface area contributed by atoms with E-state index in [1.54, 1.807) is 7.11 Å². The van der Waals surface area contributed by atoms with Crippen LogP contribution in [0.2, 0.25) is 0 Å². The van der Waals surface area contributed by atoms with Crippen molar-refractivity contribution in [1.82, 2.24) is 10.4 Å². The molecule has 0 aromatic heterocycles. The third-order valence-electron chi connectivity index (χ3n) is 4.27. The molecular weight excluding hydrogens is 292 g/mol. The average molecular weight is 328 g/mol. The molecule has 2 radical (unpaired) electrons. The SMILES string of the molecule is [CH]C(C)OCCOCC(C)NC1CC(C)(C)N(OC)C(C)(C)C1. The zero-order valence-corrected chi connectivity index (χ0v) is 16.0. The summed E-state index contributed by atoms with van der Waals surface area (Å²) in [5.74, 6) is 0. The summed E-state index contributed by atoms with van der Waals surface area (Å²) >= 11 is 0. The zero-order chi connectivity index (χ0) is 17.7. The Hall–Kier alpha value is -0.200. The Labute approximate surface area is 143 Å². The van der Waals surface area contributed by atoms with Crippen LogP contribution in [0.1, 0.15) is 54.4 Å². The molecule has 0 bridgehead atoms. The average Bonchev–Trinajstić information content (AvgIpc) is 2.35. The van der Waals surface area contributed by atoms with E-state index in [-0.39, 0.29) is 17.2 Å². The second-order valence-electron chi connectivity index (χ2n) is 7.93. The van der Waals surface area contributed by atoms with Gasteiger partial charge in [0.2, 0.25) is 0 Å². The van der Waals surface area contributed by atoms with Gasteiger partial charge in [0.1, 0.15) is 0 Å². The molecule has 23 heavy (non-hydrogen) atoms. The van der Waals surface area contributed by atoms with Crippen LogP contribution in [0.3, 0.4) is 0 Å². The second-order valence-corrected chi connectivity index (χ2v) is 7.93. The molecule has 0 saturated carbocycles. The molecule has 0 aliphatic carbocycles. The van der Waals surface area contributed by atoms with Gasteiger partial charge in [0.25, 0.3) is 0 Å². The van der Waals surface area contributed by atoms with Gasteiger partial charge in [-0.3, -0.25) is 0 Å². The molecule has 0 aromatic rings. The third-order valence-corrected chi connectivity index (χ3v) is 4.27.